The number of carbonyl (C=O) groups is 1. The molecule has 9 nitrogen and oxygen atoms in total. The molecule has 1 atom stereocenters. The third-order valence-corrected chi connectivity index (χ3v) is 3.74. The lowest BCUT2D eigenvalue weighted by Gasteiger charge is -2.13. The zero-order valence-electron chi connectivity index (χ0n) is 11.3. The number of methoxy groups -OCH3 is 1. The molecule has 0 radical (unpaired) electrons. The van der Waals surface area contributed by atoms with Gasteiger partial charge in [-0.25, -0.2) is 13.2 Å². The minimum Gasteiger partial charge on any atom is -0.479 e. The van der Waals surface area contributed by atoms with Crippen molar-refractivity contribution in [1.29, 1.82) is 0 Å². The average molecular weight is 318 g/mol. The van der Waals surface area contributed by atoms with Crippen molar-refractivity contribution in [2.45, 2.75) is 11.0 Å². The molecule has 116 valence electrons. The fraction of sp³-hybridized carbons (Fsp3) is 0.364. The van der Waals surface area contributed by atoms with Gasteiger partial charge in [0, 0.05) is 19.4 Å². The zero-order valence-corrected chi connectivity index (χ0v) is 12.1. The van der Waals surface area contributed by atoms with Crippen molar-refractivity contribution in [3.05, 3.63) is 28.3 Å². The Balaban J connectivity index is 3.08. The summed E-state index contributed by atoms with van der Waals surface area (Å²) in [6, 6.07) is 3.33. The van der Waals surface area contributed by atoms with Gasteiger partial charge in [-0.2, -0.15) is 0 Å². The smallest absolute Gasteiger partial charge is 0.334 e. The van der Waals surface area contributed by atoms with Gasteiger partial charge in [-0.05, 0) is 12.1 Å². The fourth-order valence-corrected chi connectivity index (χ4v) is 2.16. The molecule has 0 aliphatic rings. The first-order chi connectivity index (χ1) is 9.66. The molecule has 0 aliphatic heterocycles. The van der Waals surface area contributed by atoms with E-state index in [1.807, 2.05) is 0 Å². The van der Waals surface area contributed by atoms with E-state index in [-0.39, 0.29) is 17.1 Å². The van der Waals surface area contributed by atoms with Crippen molar-refractivity contribution in [3.63, 3.8) is 0 Å². The quantitative estimate of drug-likeness (QED) is 0.548. The van der Waals surface area contributed by atoms with Crippen LogP contribution in [0, 0.1) is 10.1 Å². The topological polar surface area (TPSA) is 136 Å². The number of nitro benzene ring substituents is 1. The molecular weight excluding hydrogens is 304 g/mol. The van der Waals surface area contributed by atoms with E-state index in [2.05, 4.69) is 10.1 Å². The summed E-state index contributed by atoms with van der Waals surface area (Å²) in [5.74, 6) is -1.22. The highest BCUT2D eigenvalue weighted by Gasteiger charge is 2.21. The molecule has 10 heteroatoms. The SMILES string of the molecule is COC(CNc1ccc(S(C)(=O)=O)cc1[N+](=O)[O-])C(=O)O. The number of hydrogen-bond donors (Lipinski definition) is 2. The lowest BCUT2D eigenvalue weighted by Crippen LogP contribution is -2.30. The van der Waals surface area contributed by atoms with Gasteiger partial charge < -0.3 is 15.2 Å². The highest BCUT2D eigenvalue weighted by molar-refractivity contribution is 7.90. The minimum absolute atomic E-state index is 0.00991. The van der Waals surface area contributed by atoms with Gasteiger partial charge in [0.25, 0.3) is 5.69 Å². The van der Waals surface area contributed by atoms with Crippen LogP contribution in [0.2, 0.25) is 0 Å². The Bertz CT molecular complexity index is 657. The van der Waals surface area contributed by atoms with Crippen LogP contribution in [-0.4, -0.2) is 50.4 Å². The van der Waals surface area contributed by atoms with E-state index in [9.17, 15) is 23.3 Å². The standard InChI is InChI=1S/C11H14N2O7S/c1-20-10(11(14)15)6-12-8-4-3-7(21(2,18)19)5-9(8)13(16)17/h3-5,10,12H,6H2,1-2H3,(H,14,15). The van der Waals surface area contributed by atoms with Gasteiger partial charge in [0.2, 0.25) is 0 Å². The molecule has 0 bridgehead atoms. The Morgan fingerprint density at radius 2 is 2.14 bits per heavy atom. The second kappa shape index (κ2) is 6.50. The van der Waals surface area contributed by atoms with Crippen LogP contribution in [-0.2, 0) is 19.4 Å². The first-order valence-corrected chi connectivity index (χ1v) is 7.54. The number of rotatable bonds is 7. The molecule has 0 fully saturated rings. The molecule has 0 saturated carbocycles. The van der Waals surface area contributed by atoms with Crippen molar-refractivity contribution in [1.82, 2.24) is 0 Å². The van der Waals surface area contributed by atoms with Gasteiger partial charge in [0.1, 0.15) is 5.69 Å². The monoisotopic (exact) mass is 318 g/mol. The van der Waals surface area contributed by atoms with Crippen molar-refractivity contribution < 1.29 is 28.0 Å². The number of hydrogen-bond acceptors (Lipinski definition) is 7. The number of nitro groups is 1. The van der Waals surface area contributed by atoms with Crippen LogP contribution in [0.15, 0.2) is 23.1 Å². The molecule has 0 aliphatic carbocycles. The Hall–Kier alpha value is -2.20. The van der Waals surface area contributed by atoms with E-state index in [0.29, 0.717) is 0 Å². The second-order valence-electron chi connectivity index (χ2n) is 4.15. The summed E-state index contributed by atoms with van der Waals surface area (Å²) in [5, 5.41) is 22.3. The van der Waals surface area contributed by atoms with Crippen LogP contribution in [0.5, 0.6) is 0 Å². The Kier molecular flexibility index (Phi) is 5.22. The number of carboxylic acid groups (broad SMARTS) is 1. The number of nitrogens with zero attached hydrogens (tertiary/aromatic N) is 1. The lowest BCUT2D eigenvalue weighted by molar-refractivity contribution is -0.384. The number of nitrogens with one attached hydrogen (secondary N) is 1. The zero-order chi connectivity index (χ0) is 16.2. The molecular formula is C11H14N2O7S. The van der Waals surface area contributed by atoms with Crippen LogP contribution in [0.3, 0.4) is 0 Å². The van der Waals surface area contributed by atoms with Gasteiger partial charge in [0.05, 0.1) is 16.4 Å². The summed E-state index contributed by atoms with van der Waals surface area (Å²) >= 11 is 0. The van der Waals surface area contributed by atoms with Gasteiger partial charge in [-0.15, -0.1) is 0 Å². The maximum absolute atomic E-state index is 11.4. The molecule has 1 aromatic carbocycles. The highest BCUT2D eigenvalue weighted by atomic mass is 32.2. The van der Waals surface area contributed by atoms with E-state index in [4.69, 9.17) is 5.11 Å². The summed E-state index contributed by atoms with van der Waals surface area (Å²) in [6.45, 7) is -0.203. The summed E-state index contributed by atoms with van der Waals surface area (Å²) in [5.41, 5.74) is -0.450. The Labute approximate surface area is 120 Å². The number of benzene rings is 1. The summed E-state index contributed by atoms with van der Waals surface area (Å²) in [7, 11) is -2.38. The molecule has 0 saturated heterocycles. The largest absolute Gasteiger partial charge is 0.479 e. The van der Waals surface area contributed by atoms with Gasteiger partial charge in [-0.1, -0.05) is 0 Å². The lowest BCUT2D eigenvalue weighted by atomic mass is 10.2. The van der Waals surface area contributed by atoms with Crippen LogP contribution < -0.4 is 5.32 Å². The van der Waals surface area contributed by atoms with Crippen LogP contribution in [0.1, 0.15) is 0 Å². The van der Waals surface area contributed by atoms with Crippen LogP contribution in [0.4, 0.5) is 11.4 Å². The third-order valence-electron chi connectivity index (χ3n) is 2.63. The molecule has 0 amide bonds. The normalized spacial score (nSPS) is 12.7. The molecule has 1 rings (SSSR count). The highest BCUT2D eigenvalue weighted by Crippen LogP contribution is 2.27. The number of anilines is 1. The second-order valence-corrected chi connectivity index (χ2v) is 6.17. The molecule has 2 N–H and O–H groups in total. The third kappa shape index (κ3) is 4.39. The Morgan fingerprint density at radius 3 is 2.57 bits per heavy atom. The maximum atomic E-state index is 11.4. The van der Waals surface area contributed by atoms with Gasteiger partial charge in [0.15, 0.2) is 15.9 Å². The van der Waals surface area contributed by atoms with Gasteiger partial charge in [-0.3, -0.25) is 10.1 Å². The van der Waals surface area contributed by atoms with Crippen molar-refractivity contribution >= 4 is 27.2 Å². The summed E-state index contributed by atoms with van der Waals surface area (Å²) in [4.78, 5) is 20.8. The number of ether oxygens (including phenoxy) is 1. The van der Waals surface area contributed by atoms with E-state index < -0.39 is 32.5 Å². The van der Waals surface area contributed by atoms with E-state index in [0.717, 1.165) is 12.3 Å². The first kappa shape index (κ1) is 16.9. The number of carboxylic acids is 1. The Morgan fingerprint density at radius 1 is 1.52 bits per heavy atom. The number of sulfone groups is 1. The van der Waals surface area contributed by atoms with Crippen molar-refractivity contribution in [2.24, 2.45) is 0 Å². The summed E-state index contributed by atoms with van der Waals surface area (Å²) in [6.07, 6.45) is -0.246. The first-order valence-electron chi connectivity index (χ1n) is 5.64. The predicted octanol–water partition coefficient (Wildman–Crippen LogP) is 0.510. The van der Waals surface area contributed by atoms with Crippen LogP contribution >= 0.6 is 0 Å². The molecule has 0 spiro atoms. The predicted molar refractivity (Wildman–Crippen MR) is 73.1 cm³/mol. The van der Waals surface area contributed by atoms with Crippen molar-refractivity contribution in [2.75, 3.05) is 25.2 Å². The van der Waals surface area contributed by atoms with E-state index in [1.165, 1.54) is 19.2 Å². The van der Waals surface area contributed by atoms with Crippen molar-refractivity contribution in [3.8, 4) is 0 Å². The molecule has 21 heavy (non-hydrogen) atoms. The average Bonchev–Trinajstić information content (AvgIpc) is 2.37. The van der Waals surface area contributed by atoms with E-state index in [1.54, 1.807) is 0 Å². The number of aliphatic carboxylic acids is 1. The van der Waals surface area contributed by atoms with Crippen LogP contribution in [0.25, 0.3) is 0 Å². The van der Waals surface area contributed by atoms with Gasteiger partial charge >= 0.3 is 5.97 Å². The van der Waals surface area contributed by atoms with E-state index >= 15 is 0 Å². The fourth-order valence-electron chi connectivity index (χ4n) is 1.52. The minimum atomic E-state index is -3.58. The molecule has 1 aromatic rings. The molecule has 0 heterocycles. The molecule has 0 aromatic heterocycles. The summed E-state index contributed by atoms with van der Waals surface area (Å²) < 4.78 is 27.4. The molecule has 1 unspecified atom stereocenters. The maximum Gasteiger partial charge on any atom is 0.334 e.